The molecule has 0 saturated heterocycles. The minimum absolute atomic E-state index is 0.0854. The van der Waals surface area contributed by atoms with Gasteiger partial charge in [0.25, 0.3) is 5.91 Å². The molecule has 0 aliphatic carbocycles. The van der Waals surface area contributed by atoms with Gasteiger partial charge < -0.3 is 19.9 Å². The molecule has 2 aromatic carbocycles. The van der Waals surface area contributed by atoms with E-state index in [1.165, 1.54) is 44.4 Å². The minimum Gasteiger partial charge on any atom is -0.493 e. The number of carbonyl (C=O) groups is 2. The predicted octanol–water partition coefficient (Wildman–Crippen LogP) is 3.23. The van der Waals surface area contributed by atoms with E-state index in [9.17, 15) is 19.2 Å². The number of carboxylic acids is 1. The van der Waals surface area contributed by atoms with Gasteiger partial charge in [0.1, 0.15) is 17.5 Å². The molecule has 0 spiro atoms. The highest BCUT2D eigenvalue weighted by atomic mass is 19.1. The first-order chi connectivity index (χ1) is 13.3. The summed E-state index contributed by atoms with van der Waals surface area (Å²) < 4.78 is 23.6. The quantitative estimate of drug-likeness (QED) is 0.560. The third kappa shape index (κ3) is 5.08. The number of benzene rings is 2. The second-order valence-electron chi connectivity index (χ2n) is 5.61. The van der Waals surface area contributed by atoms with E-state index in [4.69, 9.17) is 14.6 Å². The van der Waals surface area contributed by atoms with Gasteiger partial charge in [-0.25, -0.2) is 9.18 Å². The zero-order chi connectivity index (χ0) is 20.7. The molecule has 2 aromatic rings. The van der Waals surface area contributed by atoms with Crippen LogP contribution in [0.1, 0.15) is 12.5 Å². The van der Waals surface area contributed by atoms with E-state index in [0.29, 0.717) is 11.3 Å². The Bertz CT molecular complexity index is 948. The number of ether oxygens (including phenoxy) is 2. The van der Waals surface area contributed by atoms with Gasteiger partial charge in [0.05, 0.1) is 7.11 Å². The van der Waals surface area contributed by atoms with Crippen LogP contribution in [0.25, 0.3) is 6.08 Å². The molecule has 0 aromatic heterocycles. The molecule has 2 rings (SSSR count). The maximum Gasteiger partial charge on any atom is 0.344 e. The number of nitrogens with one attached hydrogen (secondary N) is 1. The molecule has 144 valence electrons. The molecule has 2 N–H and O–H groups in total. The second kappa shape index (κ2) is 9.19. The van der Waals surface area contributed by atoms with Crippen molar-refractivity contribution in [1.82, 2.24) is 0 Å². The van der Waals surface area contributed by atoms with Crippen molar-refractivity contribution in [3.63, 3.8) is 0 Å². The summed E-state index contributed by atoms with van der Waals surface area (Å²) in [4.78, 5) is 23.5. The molecule has 0 heterocycles. The average molecular weight is 384 g/mol. The second-order valence-corrected chi connectivity index (χ2v) is 5.61. The zero-order valence-corrected chi connectivity index (χ0v) is 15.1. The van der Waals surface area contributed by atoms with Crippen LogP contribution in [0.5, 0.6) is 11.5 Å². The number of halogens is 1. The third-order valence-electron chi connectivity index (χ3n) is 3.64. The van der Waals surface area contributed by atoms with E-state index in [-0.39, 0.29) is 17.1 Å². The van der Waals surface area contributed by atoms with Gasteiger partial charge in [0.15, 0.2) is 17.6 Å². The van der Waals surface area contributed by atoms with Crippen molar-refractivity contribution in [1.29, 1.82) is 5.26 Å². The molecule has 0 aliphatic heterocycles. The Labute approximate surface area is 160 Å². The Hall–Kier alpha value is -3.86. The molecule has 1 atom stereocenters. The fourth-order valence-electron chi connectivity index (χ4n) is 2.20. The summed E-state index contributed by atoms with van der Waals surface area (Å²) in [6, 6.07) is 11.6. The molecular formula is C20H17FN2O5. The molecule has 28 heavy (non-hydrogen) atoms. The van der Waals surface area contributed by atoms with Crippen LogP contribution in [0, 0.1) is 17.1 Å². The van der Waals surface area contributed by atoms with Crippen LogP contribution in [0.4, 0.5) is 10.1 Å². The van der Waals surface area contributed by atoms with E-state index in [1.807, 2.05) is 0 Å². The summed E-state index contributed by atoms with van der Waals surface area (Å²) in [6.07, 6.45) is 0.0766. The molecule has 0 aliphatic rings. The number of amides is 1. The Balaban J connectivity index is 2.37. The van der Waals surface area contributed by atoms with E-state index < -0.39 is 23.8 Å². The van der Waals surface area contributed by atoms with Crippen LogP contribution >= 0.6 is 0 Å². The fourth-order valence-corrected chi connectivity index (χ4v) is 2.20. The van der Waals surface area contributed by atoms with E-state index in [1.54, 1.807) is 24.3 Å². The Morgan fingerprint density at radius 3 is 2.50 bits per heavy atom. The number of para-hydroxylation sites is 1. The van der Waals surface area contributed by atoms with Crippen LogP contribution < -0.4 is 14.8 Å². The first-order valence-corrected chi connectivity index (χ1v) is 8.11. The third-order valence-corrected chi connectivity index (χ3v) is 3.64. The number of rotatable bonds is 7. The SMILES string of the molecule is COc1cccc(/C=C(/C#N)C(=O)Nc2ccc(F)cc2)c1O[C@@H](C)C(=O)O. The first kappa shape index (κ1) is 20.5. The Morgan fingerprint density at radius 2 is 1.93 bits per heavy atom. The first-order valence-electron chi connectivity index (χ1n) is 8.11. The summed E-state index contributed by atoms with van der Waals surface area (Å²) in [5, 5.41) is 20.9. The van der Waals surface area contributed by atoms with Gasteiger partial charge in [-0.3, -0.25) is 4.79 Å². The van der Waals surface area contributed by atoms with Gasteiger partial charge in [-0.05, 0) is 43.3 Å². The molecule has 1 amide bonds. The number of nitrogens with zero attached hydrogens (tertiary/aromatic N) is 1. The number of nitriles is 1. The average Bonchev–Trinajstić information content (AvgIpc) is 2.68. The van der Waals surface area contributed by atoms with E-state index >= 15 is 0 Å². The summed E-state index contributed by atoms with van der Waals surface area (Å²) in [6.45, 7) is 1.34. The largest absolute Gasteiger partial charge is 0.493 e. The number of carboxylic acid groups (broad SMARTS) is 1. The molecule has 0 radical (unpaired) electrons. The molecule has 8 heteroatoms. The van der Waals surface area contributed by atoms with Crippen LogP contribution in [0.3, 0.4) is 0 Å². The number of anilines is 1. The summed E-state index contributed by atoms with van der Waals surface area (Å²) in [7, 11) is 1.38. The van der Waals surface area contributed by atoms with Gasteiger partial charge in [-0.2, -0.15) is 5.26 Å². The smallest absolute Gasteiger partial charge is 0.344 e. The number of carbonyl (C=O) groups excluding carboxylic acids is 1. The molecule has 7 nitrogen and oxygen atoms in total. The van der Waals surface area contributed by atoms with Crippen molar-refractivity contribution in [2.45, 2.75) is 13.0 Å². The maximum atomic E-state index is 13.0. The van der Waals surface area contributed by atoms with Crippen LogP contribution in [-0.4, -0.2) is 30.2 Å². The maximum absolute atomic E-state index is 13.0. The lowest BCUT2D eigenvalue weighted by Gasteiger charge is -2.16. The molecule has 0 unspecified atom stereocenters. The predicted molar refractivity (Wildman–Crippen MR) is 99.3 cm³/mol. The summed E-state index contributed by atoms with van der Waals surface area (Å²) >= 11 is 0. The highest BCUT2D eigenvalue weighted by molar-refractivity contribution is 6.09. The lowest BCUT2D eigenvalue weighted by Crippen LogP contribution is -2.23. The fraction of sp³-hybridized carbons (Fsp3) is 0.150. The minimum atomic E-state index is -1.18. The van der Waals surface area contributed by atoms with Crippen LogP contribution in [0.15, 0.2) is 48.0 Å². The Morgan fingerprint density at radius 1 is 1.25 bits per heavy atom. The van der Waals surface area contributed by atoms with Gasteiger partial charge in [-0.15, -0.1) is 0 Å². The number of hydrogen-bond acceptors (Lipinski definition) is 5. The van der Waals surface area contributed by atoms with Gasteiger partial charge >= 0.3 is 5.97 Å². The highest BCUT2D eigenvalue weighted by Crippen LogP contribution is 2.33. The topological polar surface area (TPSA) is 109 Å². The summed E-state index contributed by atoms with van der Waals surface area (Å²) in [5.74, 6) is -2.02. The molecule has 0 fully saturated rings. The standard InChI is InChI=1S/C20H17FN2O5/c1-12(20(25)26)28-18-13(4-3-5-17(18)27-2)10-14(11-22)19(24)23-16-8-6-15(21)7-9-16/h3-10,12H,1-2H3,(H,23,24)(H,25,26)/b14-10-/t12-/m0/s1. The van der Waals surface area contributed by atoms with E-state index in [2.05, 4.69) is 5.32 Å². The zero-order valence-electron chi connectivity index (χ0n) is 15.1. The van der Waals surface area contributed by atoms with Crippen LogP contribution in [0.2, 0.25) is 0 Å². The molecular weight excluding hydrogens is 367 g/mol. The number of methoxy groups -OCH3 is 1. The van der Waals surface area contributed by atoms with Crippen molar-refractivity contribution in [2.75, 3.05) is 12.4 Å². The molecule has 0 saturated carbocycles. The summed E-state index contributed by atoms with van der Waals surface area (Å²) in [5.41, 5.74) is 0.345. The number of aliphatic carboxylic acids is 1. The number of hydrogen-bond donors (Lipinski definition) is 2. The Kier molecular flexibility index (Phi) is 6.71. The highest BCUT2D eigenvalue weighted by Gasteiger charge is 2.19. The van der Waals surface area contributed by atoms with Gasteiger partial charge in [0.2, 0.25) is 0 Å². The monoisotopic (exact) mass is 384 g/mol. The van der Waals surface area contributed by atoms with Crippen molar-refractivity contribution < 1.29 is 28.6 Å². The molecule has 0 bridgehead atoms. The normalized spacial score (nSPS) is 11.9. The van der Waals surface area contributed by atoms with Crippen molar-refractivity contribution in [3.8, 4) is 17.6 Å². The van der Waals surface area contributed by atoms with E-state index in [0.717, 1.165) is 0 Å². The lowest BCUT2D eigenvalue weighted by atomic mass is 10.1. The van der Waals surface area contributed by atoms with Crippen molar-refractivity contribution in [3.05, 3.63) is 59.4 Å². The van der Waals surface area contributed by atoms with Gasteiger partial charge in [0, 0.05) is 11.3 Å². The van der Waals surface area contributed by atoms with Crippen molar-refractivity contribution in [2.24, 2.45) is 0 Å². The van der Waals surface area contributed by atoms with Gasteiger partial charge in [-0.1, -0.05) is 12.1 Å². The van der Waals surface area contributed by atoms with Crippen LogP contribution in [-0.2, 0) is 9.59 Å². The van der Waals surface area contributed by atoms with Crippen molar-refractivity contribution >= 4 is 23.6 Å². The lowest BCUT2D eigenvalue weighted by molar-refractivity contribution is -0.144.